The smallest absolute Gasteiger partial charge is 0.326 e. The molecule has 2 aromatic rings. The van der Waals surface area contributed by atoms with E-state index in [1.807, 2.05) is 60.7 Å². The highest BCUT2D eigenvalue weighted by Gasteiger charge is 2.29. The maximum Gasteiger partial charge on any atom is 0.326 e. The summed E-state index contributed by atoms with van der Waals surface area (Å²) in [6.07, 6.45) is 0.292. The molecule has 0 radical (unpaired) electrons. The lowest BCUT2D eigenvalue weighted by Crippen LogP contribution is -2.45. The topological polar surface area (TPSA) is 57.6 Å². The number of amides is 1. The Labute approximate surface area is 136 Å². The van der Waals surface area contributed by atoms with Gasteiger partial charge in [0.1, 0.15) is 6.04 Å². The van der Waals surface area contributed by atoms with Crippen molar-refractivity contribution in [3.63, 3.8) is 0 Å². The summed E-state index contributed by atoms with van der Waals surface area (Å²) >= 11 is 0. The van der Waals surface area contributed by atoms with Crippen LogP contribution in [0.5, 0.6) is 0 Å². The molecule has 0 bridgehead atoms. The number of carboxylic acids is 1. The summed E-state index contributed by atoms with van der Waals surface area (Å²) in [7, 11) is 1.56. The van der Waals surface area contributed by atoms with Gasteiger partial charge in [0, 0.05) is 13.5 Å². The van der Waals surface area contributed by atoms with Crippen molar-refractivity contribution in [1.29, 1.82) is 0 Å². The van der Waals surface area contributed by atoms with E-state index < -0.39 is 12.0 Å². The Hall–Kier alpha value is -2.62. The van der Waals surface area contributed by atoms with Crippen LogP contribution >= 0.6 is 0 Å². The van der Waals surface area contributed by atoms with Gasteiger partial charge in [0.15, 0.2) is 0 Å². The van der Waals surface area contributed by atoms with Crippen LogP contribution in [0.2, 0.25) is 0 Å². The van der Waals surface area contributed by atoms with Crippen molar-refractivity contribution in [3.05, 3.63) is 71.8 Å². The van der Waals surface area contributed by atoms with Gasteiger partial charge in [-0.1, -0.05) is 60.7 Å². The molecule has 2 unspecified atom stereocenters. The first kappa shape index (κ1) is 16.7. The third-order valence-corrected chi connectivity index (χ3v) is 4.04. The minimum absolute atomic E-state index is 0.195. The van der Waals surface area contributed by atoms with Gasteiger partial charge >= 0.3 is 5.97 Å². The zero-order valence-corrected chi connectivity index (χ0v) is 13.3. The first-order valence-corrected chi connectivity index (χ1v) is 7.59. The van der Waals surface area contributed by atoms with Crippen LogP contribution in [0.1, 0.15) is 24.0 Å². The van der Waals surface area contributed by atoms with Gasteiger partial charge in [-0.05, 0) is 18.1 Å². The summed E-state index contributed by atoms with van der Waals surface area (Å²) in [5, 5.41) is 9.51. The molecule has 0 aliphatic carbocycles. The van der Waals surface area contributed by atoms with Crippen LogP contribution in [0.4, 0.5) is 0 Å². The number of rotatable bonds is 6. The lowest BCUT2D eigenvalue weighted by molar-refractivity contribution is -0.149. The lowest BCUT2D eigenvalue weighted by Gasteiger charge is -2.27. The molecule has 23 heavy (non-hydrogen) atoms. The second-order valence-corrected chi connectivity index (χ2v) is 5.63. The van der Waals surface area contributed by atoms with Crippen molar-refractivity contribution in [2.45, 2.75) is 25.3 Å². The van der Waals surface area contributed by atoms with E-state index in [1.165, 1.54) is 4.90 Å². The predicted molar refractivity (Wildman–Crippen MR) is 89.2 cm³/mol. The maximum atomic E-state index is 12.6. The van der Waals surface area contributed by atoms with Gasteiger partial charge < -0.3 is 10.0 Å². The standard InChI is InChI=1S/C19H21NO3/c1-14(16-11-7-4-8-12-16)18(21)20(2)17(19(22)23)13-15-9-5-3-6-10-15/h3-12,14,17H,13H2,1-2H3,(H,22,23). The number of likely N-dealkylation sites (N-methyl/N-ethyl adjacent to an activating group) is 1. The van der Waals surface area contributed by atoms with E-state index in [9.17, 15) is 14.7 Å². The molecule has 0 saturated carbocycles. The fourth-order valence-corrected chi connectivity index (χ4v) is 2.57. The zero-order chi connectivity index (χ0) is 16.8. The quantitative estimate of drug-likeness (QED) is 0.892. The van der Waals surface area contributed by atoms with E-state index >= 15 is 0 Å². The molecule has 0 spiro atoms. The summed E-state index contributed by atoms with van der Waals surface area (Å²) in [4.78, 5) is 25.6. The Morgan fingerprint density at radius 1 is 1.00 bits per heavy atom. The molecule has 0 aliphatic heterocycles. The van der Waals surface area contributed by atoms with Crippen molar-refractivity contribution in [2.24, 2.45) is 0 Å². The maximum absolute atomic E-state index is 12.6. The second-order valence-electron chi connectivity index (χ2n) is 5.63. The molecule has 0 aromatic heterocycles. The number of aliphatic carboxylic acids is 1. The average molecular weight is 311 g/mol. The monoisotopic (exact) mass is 311 g/mol. The normalized spacial score (nSPS) is 13.1. The largest absolute Gasteiger partial charge is 0.480 e. The van der Waals surface area contributed by atoms with Crippen LogP contribution in [0.15, 0.2) is 60.7 Å². The van der Waals surface area contributed by atoms with Gasteiger partial charge in [-0.15, -0.1) is 0 Å². The molecule has 0 fully saturated rings. The molecule has 1 amide bonds. The molecule has 2 rings (SSSR count). The van der Waals surface area contributed by atoms with Crippen LogP contribution in [-0.2, 0) is 16.0 Å². The van der Waals surface area contributed by atoms with E-state index in [4.69, 9.17) is 0 Å². The summed E-state index contributed by atoms with van der Waals surface area (Å²) in [5.74, 6) is -1.57. The first-order valence-electron chi connectivity index (χ1n) is 7.59. The van der Waals surface area contributed by atoms with Crippen molar-refractivity contribution in [2.75, 3.05) is 7.05 Å². The number of carbonyl (C=O) groups excluding carboxylic acids is 1. The minimum Gasteiger partial charge on any atom is -0.480 e. The lowest BCUT2D eigenvalue weighted by atomic mass is 9.98. The van der Waals surface area contributed by atoms with Crippen LogP contribution in [0, 0.1) is 0 Å². The third kappa shape index (κ3) is 4.19. The summed E-state index contributed by atoms with van der Waals surface area (Å²) < 4.78 is 0. The SMILES string of the molecule is CC(C(=O)N(C)C(Cc1ccccc1)C(=O)O)c1ccccc1. The summed E-state index contributed by atoms with van der Waals surface area (Å²) in [6, 6.07) is 17.9. The van der Waals surface area contributed by atoms with E-state index in [-0.39, 0.29) is 11.8 Å². The molecule has 2 aromatic carbocycles. The van der Waals surface area contributed by atoms with Crippen molar-refractivity contribution < 1.29 is 14.7 Å². The summed E-state index contributed by atoms with van der Waals surface area (Å²) in [6.45, 7) is 1.80. The van der Waals surface area contributed by atoms with Gasteiger partial charge in [0.05, 0.1) is 5.92 Å². The Balaban J connectivity index is 2.15. The van der Waals surface area contributed by atoms with Crippen molar-refractivity contribution in [1.82, 2.24) is 4.90 Å². The number of carbonyl (C=O) groups is 2. The number of hydrogen-bond donors (Lipinski definition) is 1. The molecule has 120 valence electrons. The van der Waals surface area contributed by atoms with Gasteiger partial charge in [0.25, 0.3) is 0 Å². The highest BCUT2D eigenvalue weighted by Crippen LogP contribution is 2.19. The summed E-state index contributed by atoms with van der Waals surface area (Å²) in [5.41, 5.74) is 1.78. The Morgan fingerprint density at radius 3 is 2.04 bits per heavy atom. The minimum atomic E-state index is -0.995. The molecule has 0 saturated heterocycles. The van der Waals surface area contributed by atoms with E-state index in [1.54, 1.807) is 14.0 Å². The molecule has 4 nitrogen and oxygen atoms in total. The fraction of sp³-hybridized carbons (Fsp3) is 0.263. The molecule has 1 N–H and O–H groups in total. The number of carboxylic acid groups (broad SMARTS) is 1. The van der Waals surface area contributed by atoms with E-state index in [2.05, 4.69) is 0 Å². The molecule has 0 aliphatic rings. The number of benzene rings is 2. The van der Waals surface area contributed by atoms with Crippen LogP contribution in [-0.4, -0.2) is 35.0 Å². The molecule has 4 heteroatoms. The highest BCUT2D eigenvalue weighted by molar-refractivity contribution is 5.87. The number of hydrogen-bond acceptors (Lipinski definition) is 2. The van der Waals surface area contributed by atoms with E-state index in [0.717, 1.165) is 11.1 Å². The fourth-order valence-electron chi connectivity index (χ4n) is 2.57. The van der Waals surface area contributed by atoms with Crippen LogP contribution < -0.4 is 0 Å². The first-order chi connectivity index (χ1) is 11.0. The Kier molecular flexibility index (Phi) is 5.52. The zero-order valence-electron chi connectivity index (χ0n) is 13.3. The average Bonchev–Trinajstić information content (AvgIpc) is 2.59. The van der Waals surface area contributed by atoms with Gasteiger partial charge in [-0.25, -0.2) is 4.79 Å². The molecule has 0 heterocycles. The van der Waals surface area contributed by atoms with Crippen LogP contribution in [0.25, 0.3) is 0 Å². The Bertz CT molecular complexity index is 655. The molecular formula is C19H21NO3. The van der Waals surface area contributed by atoms with Gasteiger partial charge in [0.2, 0.25) is 5.91 Å². The predicted octanol–water partition coefficient (Wildman–Crippen LogP) is 2.94. The Morgan fingerprint density at radius 2 is 1.52 bits per heavy atom. The second kappa shape index (κ2) is 7.58. The van der Waals surface area contributed by atoms with Gasteiger partial charge in [-0.2, -0.15) is 0 Å². The van der Waals surface area contributed by atoms with Gasteiger partial charge in [-0.3, -0.25) is 4.79 Å². The molecular weight excluding hydrogens is 290 g/mol. The number of nitrogens with zero attached hydrogens (tertiary/aromatic N) is 1. The van der Waals surface area contributed by atoms with Crippen molar-refractivity contribution in [3.8, 4) is 0 Å². The molecule has 2 atom stereocenters. The highest BCUT2D eigenvalue weighted by atomic mass is 16.4. The van der Waals surface area contributed by atoms with Crippen molar-refractivity contribution >= 4 is 11.9 Å². The third-order valence-electron chi connectivity index (χ3n) is 4.04. The van der Waals surface area contributed by atoms with E-state index in [0.29, 0.717) is 6.42 Å². The van der Waals surface area contributed by atoms with Crippen LogP contribution in [0.3, 0.4) is 0 Å².